The van der Waals surface area contributed by atoms with Crippen molar-refractivity contribution < 1.29 is 14.6 Å². The van der Waals surface area contributed by atoms with E-state index in [2.05, 4.69) is 4.90 Å². The van der Waals surface area contributed by atoms with Gasteiger partial charge in [0.2, 0.25) is 0 Å². The molecule has 4 heteroatoms. The number of esters is 1. The van der Waals surface area contributed by atoms with Crippen molar-refractivity contribution in [2.24, 2.45) is 11.8 Å². The lowest BCUT2D eigenvalue weighted by atomic mass is 9.94. The summed E-state index contributed by atoms with van der Waals surface area (Å²) >= 11 is 0. The van der Waals surface area contributed by atoms with E-state index in [0.717, 1.165) is 26.1 Å². The van der Waals surface area contributed by atoms with E-state index in [1.165, 1.54) is 12.8 Å². The molecule has 0 aromatic heterocycles. The normalized spacial score (nSPS) is 23.4. The minimum Gasteiger partial charge on any atom is -0.466 e. The van der Waals surface area contributed by atoms with Gasteiger partial charge in [-0.15, -0.1) is 0 Å². The van der Waals surface area contributed by atoms with Crippen LogP contribution in [-0.2, 0) is 9.53 Å². The average Bonchev–Trinajstić information content (AvgIpc) is 2.30. The minimum absolute atomic E-state index is 0.0529. The highest BCUT2D eigenvalue weighted by atomic mass is 16.5. The maximum atomic E-state index is 11.5. The Labute approximate surface area is 104 Å². The molecule has 4 nitrogen and oxygen atoms in total. The zero-order valence-corrected chi connectivity index (χ0v) is 11.0. The Morgan fingerprint density at radius 1 is 1.59 bits per heavy atom. The van der Waals surface area contributed by atoms with Crippen molar-refractivity contribution >= 4 is 5.97 Å². The SMILES string of the molecule is CCOC(=O)C(C)CN1CCCC(CCO)C1. The first-order chi connectivity index (χ1) is 8.17. The van der Waals surface area contributed by atoms with Crippen molar-refractivity contribution in [2.75, 3.05) is 32.8 Å². The summed E-state index contributed by atoms with van der Waals surface area (Å²) in [6.45, 7) is 7.33. The summed E-state index contributed by atoms with van der Waals surface area (Å²) in [7, 11) is 0. The standard InChI is InChI=1S/C13H25NO3/c1-3-17-13(16)11(2)9-14-7-4-5-12(10-14)6-8-15/h11-12,15H,3-10H2,1-2H3. The van der Waals surface area contributed by atoms with Crippen LogP contribution in [0, 0.1) is 11.8 Å². The maximum Gasteiger partial charge on any atom is 0.309 e. The van der Waals surface area contributed by atoms with Crippen LogP contribution in [-0.4, -0.2) is 48.8 Å². The lowest BCUT2D eigenvalue weighted by molar-refractivity contribution is -0.148. The van der Waals surface area contributed by atoms with Crippen LogP contribution in [0.1, 0.15) is 33.1 Å². The number of hydrogen-bond donors (Lipinski definition) is 1. The van der Waals surface area contributed by atoms with Crippen molar-refractivity contribution in [1.82, 2.24) is 4.90 Å². The highest BCUT2D eigenvalue weighted by molar-refractivity contribution is 5.72. The molecule has 2 unspecified atom stereocenters. The van der Waals surface area contributed by atoms with E-state index >= 15 is 0 Å². The molecule has 0 amide bonds. The van der Waals surface area contributed by atoms with Crippen LogP contribution < -0.4 is 0 Å². The number of carbonyl (C=O) groups excluding carboxylic acids is 1. The topological polar surface area (TPSA) is 49.8 Å². The third-order valence-electron chi connectivity index (χ3n) is 3.36. The van der Waals surface area contributed by atoms with E-state index in [0.29, 0.717) is 12.5 Å². The van der Waals surface area contributed by atoms with Crippen molar-refractivity contribution in [2.45, 2.75) is 33.1 Å². The molecular formula is C13H25NO3. The molecule has 0 bridgehead atoms. The summed E-state index contributed by atoms with van der Waals surface area (Å²) in [6, 6.07) is 0. The molecule has 1 fully saturated rings. The molecule has 1 aliphatic rings. The Bertz CT molecular complexity index is 231. The number of nitrogens with zero attached hydrogens (tertiary/aromatic N) is 1. The van der Waals surface area contributed by atoms with Crippen LogP contribution in [0.25, 0.3) is 0 Å². The van der Waals surface area contributed by atoms with Crippen LogP contribution in [0.3, 0.4) is 0 Å². The quantitative estimate of drug-likeness (QED) is 0.714. The van der Waals surface area contributed by atoms with Gasteiger partial charge in [-0.2, -0.15) is 0 Å². The summed E-state index contributed by atoms with van der Waals surface area (Å²) in [5.41, 5.74) is 0. The molecule has 17 heavy (non-hydrogen) atoms. The van der Waals surface area contributed by atoms with Gasteiger partial charge in [-0.25, -0.2) is 0 Å². The lowest BCUT2D eigenvalue weighted by Gasteiger charge is -2.33. The second-order valence-corrected chi connectivity index (χ2v) is 4.93. The van der Waals surface area contributed by atoms with E-state index in [9.17, 15) is 4.79 Å². The van der Waals surface area contributed by atoms with Gasteiger partial charge >= 0.3 is 5.97 Å². The number of aliphatic hydroxyl groups excluding tert-OH is 1. The number of carbonyl (C=O) groups is 1. The summed E-state index contributed by atoms with van der Waals surface area (Å²) in [6.07, 6.45) is 3.25. The Hall–Kier alpha value is -0.610. The molecule has 1 aliphatic heterocycles. The predicted octanol–water partition coefficient (Wildman–Crippen LogP) is 1.28. The number of piperidine rings is 1. The zero-order valence-electron chi connectivity index (χ0n) is 11.0. The van der Waals surface area contributed by atoms with Crippen LogP contribution >= 0.6 is 0 Å². The Morgan fingerprint density at radius 2 is 2.35 bits per heavy atom. The first kappa shape index (κ1) is 14.5. The fourth-order valence-electron chi connectivity index (χ4n) is 2.48. The van der Waals surface area contributed by atoms with Gasteiger partial charge in [0.05, 0.1) is 12.5 Å². The van der Waals surface area contributed by atoms with E-state index in [1.54, 1.807) is 0 Å². The second kappa shape index (κ2) is 7.67. The monoisotopic (exact) mass is 243 g/mol. The Morgan fingerprint density at radius 3 is 3.00 bits per heavy atom. The minimum atomic E-state index is -0.100. The van der Waals surface area contributed by atoms with Crippen LogP contribution in [0.5, 0.6) is 0 Å². The molecular weight excluding hydrogens is 218 g/mol. The molecule has 1 saturated heterocycles. The first-order valence-electron chi connectivity index (χ1n) is 6.67. The molecule has 1 heterocycles. The van der Waals surface area contributed by atoms with Crippen LogP contribution in [0.15, 0.2) is 0 Å². The number of ether oxygens (including phenoxy) is 1. The van der Waals surface area contributed by atoms with Crippen LogP contribution in [0.2, 0.25) is 0 Å². The largest absolute Gasteiger partial charge is 0.466 e. The smallest absolute Gasteiger partial charge is 0.309 e. The lowest BCUT2D eigenvalue weighted by Crippen LogP contribution is -2.40. The molecule has 0 saturated carbocycles. The van der Waals surface area contributed by atoms with E-state index in [4.69, 9.17) is 9.84 Å². The molecule has 0 aromatic rings. The molecule has 2 atom stereocenters. The second-order valence-electron chi connectivity index (χ2n) is 4.93. The highest BCUT2D eigenvalue weighted by Gasteiger charge is 2.23. The summed E-state index contributed by atoms with van der Waals surface area (Å²) in [5, 5.41) is 8.95. The van der Waals surface area contributed by atoms with E-state index in [1.807, 2.05) is 13.8 Å². The third kappa shape index (κ3) is 5.04. The van der Waals surface area contributed by atoms with Crippen LogP contribution in [0.4, 0.5) is 0 Å². The number of rotatable bonds is 6. The molecule has 0 aliphatic carbocycles. The van der Waals surface area contributed by atoms with Crippen molar-refractivity contribution in [3.8, 4) is 0 Å². The fourth-order valence-corrected chi connectivity index (χ4v) is 2.48. The third-order valence-corrected chi connectivity index (χ3v) is 3.36. The van der Waals surface area contributed by atoms with Gasteiger partial charge in [-0.05, 0) is 38.6 Å². The zero-order chi connectivity index (χ0) is 12.7. The van der Waals surface area contributed by atoms with Gasteiger partial charge in [0.1, 0.15) is 0 Å². The summed E-state index contributed by atoms with van der Waals surface area (Å²) in [5.74, 6) is 0.433. The van der Waals surface area contributed by atoms with Crippen molar-refractivity contribution in [3.05, 3.63) is 0 Å². The van der Waals surface area contributed by atoms with Crippen molar-refractivity contribution in [1.29, 1.82) is 0 Å². The van der Waals surface area contributed by atoms with Gasteiger partial charge in [-0.3, -0.25) is 4.79 Å². The molecule has 0 aromatic carbocycles. The average molecular weight is 243 g/mol. The van der Waals surface area contributed by atoms with E-state index in [-0.39, 0.29) is 18.5 Å². The molecule has 1 rings (SSSR count). The maximum absolute atomic E-state index is 11.5. The Kier molecular flexibility index (Phi) is 6.52. The molecule has 0 radical (unpaired) electrons. The van der Waals surface area contributed by atoms with Gasteiger partial charge in [0, 0.05) is 19.7 Å². The van der Waals surface area contributed by atoms with Gasteiger partial charge in [0.25, 0.3) is 0 Å². The molecule has 0 spiro atoms. The van der Waals surface area contributed by atoms with E-state index < -0.39 is 0 Å². The van der Waals surface area contributed by atoms with Crippen molar-refractivity contribution in [3.63, 3.8) is 0 Å². The summed E-state index contributed by atoms with van der Waals surface area (Å²) < 4.78 is 5.01. The summed E-state index contributed by atoms with van der Waals surface area (Å²) in [4.78, 5) is 13.9. The van der Waals surface area contributed by atoms with Gasteiger partial charge in [-0.1, -0.05) is 6.92 Å². The predicted molar refractivity (Wildman–Crippen MR) is 66.7 cm³/mol. The molecule has 1 N–H and O–H groups in total. The fraction of sp³-hybridized carbons (Fsp3) is 0.923. The Balaban J connectivity index is 2.32. The number of aliphatic hydroxyl groups is 1. The van der Waals surface area contributed by atoms with Gasteiger partial charge < -0.3 is 14.7 Å². The first-order valence-corrected chi connectivity index (χ1v) is 6.67. The number of hydrogen-bond acceptors (Lipinski definition) is 4. The van der Waals surface area contributed by atoms with Gasteiger partial charge in [0.15, 0.2) is 0 Å². The number of likely N-dealkylation sites (tertiary alicyclic amines) is 1. The molecule has 100 valence electrons. The highest BCUT2D eigenvalue weighted by Crippen LogP contribution is 2.20.